The SMILES string of the molecule is COc1ccc2c(ccn2CCNC2CCCCC2C)c1. The Balaban J connectivity index is 1.60. The van der Waals surface area contributed by atoms with Crippen LogP contribution in [0.25, 0.3) is 10.9 Å². The molecule has 1 fully saturated rings. The third-order valence-electron chi connectivity index (χ3n) is 4.85. The average Bonchev–Trinajstić information content (AvgIpc) is 2.91. The molecular weight excluding hydrogens is 260 g/mol. The van der Waals surface area contributed by atoms with Gasteiger partial charge in [-0.1, -0.05) is 19.8 Å². The van der Waals surface area contributed by atoms with Gasteiger partial charge in [-0.25, -0.2) is 0 Å². The molecule has 1 aromatic carbocycles. The first-order chi connectivity index (χ1) is 10.3. The number of fused-ring (bicyclic) bond motifs is 1. The number of methoxy groups -OCH3 is 1. The first-order valence-corrected chi connectivity index (χ1v) is 8.14. The maximum absolute atomic E-state index is 5.28. The van der Waals surface area contributed by atoms with Gasteiger partial charge in [0.2, 0.25) is 0 Å². The summed E-state index contributed by atoms with van der Waals surface area (Å²) in [6.07, 6.45) is 7.68. The summed E-state index contributed by atoms with van der Waals surface area (Å²) in [4.78, 5) is 0. The third kappa shape index (κ3) is 3.24. The molecule has 2 atom stereocenters. The van der Waals surface area contributed by atoms with E-state index in [1.807, 2.05) is 6.07 Å². The van der Waals surface area contributed by atoms with Crippen molar-refractivity contribution in [3.05, 3.63) is 30.5 Å². The van der Waals surface area contributed by atoms with Crippen molar-refractivity contribution < 1.29 is 4.74 Å². The molecule has 0 radical (unpaired) electrons. The van der Waals surface area contributed by atoms with Gasteiger partial charge in [0.1, 0.15) is 5.75 Å². The van der Waals surface area contributed by atoms with E-state index in [1.165, 1.54) is 36.6 Å². The van der Waals surface area contributed by atoms with Crippen molar-refractivity contribution in [3.63, 3.8) is 0 Å². The number of ether oxygens (including phenoxy) is 1. The third-order valence-corrected chi connectivity index (χ3v) is 4.85. The first kappa shape index (κ1) is 14.5. The highest BCUT2D eigenvalue weighted by Crippen LogP contribution is 2.24. The maximum Gasteiger partial charge on any atom is 0.119 e. The Bertz CT molecular complexity index is 590. The normalized spacial score (nSPS) is 22.6. The van der Waals surface area contributed by atoms with Gasteiger partial charge in [-0.05, 0) is 43.0 Å². The van der Waals surface area contributed by atoms with Crippen molar-refractivity contribution in [2.45, 2.75) is 45.2 Å². The number of aromatic nitrogens is 1. The summed E-state index contributed by atoms with van der Waals surface area (Å²) in [6, 6.07) is 9.16. The molecule has 21 heavy (non-hydrogen) atoms. The van der Waals surface area contributed by atoms with Crippen LogP contribution < -0.4 is 10.1 Å². The maximum atomic E-state index is 5.28. The Kier molecular flexibility index (Phi) is 4.49. The van der Waals surface area contributed by atoms with Crippen LogP contribution in [0.1, 0.15) is 32.6 Å². The fourth-order valence-electron chi connectivity index (χ4n) is 3.49. The number of nitrogens with one attached hydrogen (secondary N) is 1. The second-order valence-corrected chi connectivity index (χ2v) is 6.26. The molecule has 2 aromatic rings. The van der Waals surface area contributed by atoms with Crippen molar-refractivity contribution in [1.82, 2.24) is 9.88 Å². The Morgan fingerprint density at radius 3 is 2.90 bits per heavy atom. The molecular formula is C18H26N2O. The van der Waals surface area contributed by atoms with Crippen LogP contribution in [0.3, 0.4) is 0 Å². The van der Waals surface area contributed by atoms with Crippen molar-refractivity contribution in [2.24, 2.45) is 5.92 Å². The van der Waals surface area contributed by atoms with Gasteiger partial charge in [0, 0.05) is 36.2 Å². The van der Waals surface area contributed by atoms with Crippen molar-refractivity contribution >= 4 is 10.9 Å². The van der Waals surface area contributed by atoms with Crippen molar-refractivity contribution in [2.75, 3.05) is 13.7 Å². The smallest absolute Gasteiger partial charge is 0.119 e. The molecule has 1 N–H and O–H groups in total. The highest BCUT2D eigenvalue weighted by molar-refractivity contribution is 5.81. The van der Waals surface area contributed by atoms with Crippen LogP contribution in [-0.4, -0.2) is 24.3 Å². The number of benzene rings is 1. The van der Waals surface area contributed by atoms with E-state index in [4.69, 9.17) is 4.74 Å². The molecule has 3 rings (SSSR count). The summed E-state index contributed by atoms with van der Waals surface area (Å²) < 4.78 is 7.61. The van der Waals surface area contributed by atoms with Crippen LogP contribution in [0.5, 0.6) is 5.75 Å². The minimum Gasteiger partial charge on any atom is -0.497 e. The molecule has 0 amide bonds. The quantitative estimate of drug-likeness (QED) is 0.904. The minimum atomic E-state index is 0.709. The fourth-order valence-corrected chi connectivity index (χ4v) is 3.49. The van der Waals surface area contributed by atoms with Crippen LogP contribution in [0.15, 0.2) is 30.5 Å². The lowest BCUT2D eigenvalue weighted by atomic mass is 9.86. The molecule has 1 saturated carbocycles. The minimum absolute atomic E-state index is 0.709. The summed E-state index contributed by atoms with van der Waals surface area (Å²) in [5, 5.41) is 5.00. The Morgan fingerprint density at radius 1 is 1.24 bits per heavy atom. The Labute approximate surface area is 127 Å². The standard InChI is InChI=1S/C18H26N2O/c1-14-5-3-4-6-17(14)19-10-12-20-11-9-15-13-16(21-2)7-8-18(15)20/h7-9,11,13-14,17,19H,3-6,10,12H2,1-2H3. The highest BCUT2D eigenvalue weighted by Gasteiger charge is 2.20. The molecule has 1 aliphatic carbocycles. The zero-order valence-electron chi connectivity index (χ0n) is 13.1. The molecule has 3 heteroatoms. The van der Waals surface area contributed by atoms with Crippen LogP contribution in [0, 0.1) is 5.92 Å². The number of rotatable bonds is 5. The molecule has 0 saturated heterocycles. The van der Waals surface area contributed by atoms with Crippen LogP contribution in [-0.2, 0) is 6.54 Å². The zero-order chi connectivity index (χ0) is 14.7. The van der Waals surface area contributed by atoms with Crippen molar-refractivity contribution in [3.8, 4) is 5.75 Å². The summed E-state index contributed by atoms with van der Waals surface area (Å²) >= 11 is 0. The molecule has 0 spiro atoms. The number of hydrogen-bond donors (Lipinski definition) is 1. The van der Waals surface area contributed by atoms with Crippen molar-refractivity contribution in [1.29, 1.82) is 0 Å². The van der Waals surface area contributed by atoms with Gasteiger partial charge < -0.3 is 14.6 Å². The van der Waals surface area contributed by atoms with Crippen LogP contribution >= 0.6 is 0 Å². The van der Waals surface area contributed by atoms with Gasteiger partial charge in [-0.3, -0.25) is 0 Å². The topological polar surface area (TPSA) is 26.2 Å². The van der Waals surface area contributed by atoms with Gasteiger partial charge >= 0.3 is 0 Å². The van der Waals surface area contributed by atoms with E-state index in [1.54, 1.807) is 7.11 Å². The van der Waals surface area contributed by atoms with E-state index in [-0.39, 0.29) is 0 Å². The molecule has 1 heterocycles. The van der Waals surface area contributed by atoms with Gasteiger partial charge in [-0.15, -0.1) is 0 Å². The molecule has 1 aliphatic rings. The predicted molar refractivity (Wildman–Crippen MR) is 87.9 cm³/mol. The summed E-state index contributed by atoms with van der Waals surface area (Å²) in [6.45, 7) is 4.46. The van der Waals surface area contributed by atoms with Gasteiger partial charge in [0.25, 0.3) is 0 Å². The second kappa shape index (κ2) is 6.52. The number of hydrogen-bond acceptors (Lipinski definition) is 2. The van der Waals surface area contributed by atoms with E-state index < -0.39 is 0 Å². The van der Waals surface area contributed by atoms with E-state index in [9.17, 15) is 0 Å². The Hall–Kier alpha value is -1.48. The Morgan fingerprint density at radius 2 is 2.10 bits per heavy atom. The monoisotopic (exact) mass is 286 g/mol. The average molecular weight is 286 g/mol. The van der Waals surface area contributed by atoms with E-state index in [0.717, 1.165) is 24.8 Å². The molecule has 1 aromatic heterocycles. The largest absolute Gasteiger partial charge is 0.497 e. The number of nitrogens with zero attached hydrogens (tertiary/aromatic N) is 1. The highest BCUT2D eigenvalue weighted by atomic mass is 16.5. The van der Waals surface area contributed by atoms with Crippen LogP contribution in [0.4, 0.5) is 0 Å². The zero-order valence-corrected chi connectivity index (χ0v) is 13.1. The predicted octanol–water partition coefficient (Wildman–Crippen LogP) is 3.82. The summed E-state index contributed by atoms with van der Waals surface area (Å²) in [7, 11) is 1.72. The molecule has 0 aliphatic heterocycles. The molecule has 114 valence electrons. The lowest BCUT2D eigenvalue weighted by molar-refractivity contribution is 0.279. The molecule has 0 bridgehead atoms. The summed E-state index contributed by atoms with van der Waals surface area (Å²) in [5.41, 5.74) is 1.29. The van der Waals surface area contributed by atoms with Gasteiger partial charge in [0.05, 0.1) is 7.11 Å². The van der Waals surface area contributed by atoms with Gasteiger partial charge in [-0.2, -0.15) is 0 Å². The molecule has 3 nitrogen and oxygen atoms in total. The fraction of sp³-hybridized carbons (Fsp3) is 0.556. The van der Waals surface area contributed by atoms with Gasteiger partial charge in [0.15, 0.2) is 0 Å². The lowest BCUT2D eigenvalue weighted by Gasteiger charge is -2.29. The first-order valence-electron chi connectivity index (χ1n) is 8.14. The lowest BCUT2D eigenvalue weighted by Crippen LogP contribution is -2.38. The molecule has 2 unspecified atom stereocenters. The van der Waals surface area contributed by atoms with E-state index >= 15 is 0 Å². The summed E-state index contributed by atoms with van der Waals surface area (Å²) in [5.74, 6) is 1.75. The van der Waals surface area contributed by atoms with E-state index in [0.29, 0.717) is 6.04 Å². The van der Waals surface area contributed by atoms with Crippen LogP contribution in [0.2, 0.25) is 0 Å². The second-order valence-electron chi connectivity index (χ2n) is 6.26. The van der Waals surface area contributed by atoms with E-state index in [2.05, 4.69) is 41.2 Å².